The number of alkyl halides is 2. The number of benzene rings is 1. The quantitative estimate of drug-likeness (QED) is 0.869. The van der Waals surface area contributed by atoms with Gasteiger partial charge in [0.1, 0.15) is 12.1 Å². The maximum Gasteiger partial charge on any atom is 0.243 e. The second-order valence-electron chi connectivity index (χ2n) is 5.25. The van der Waals surface area contributed by atoms with Gasteiger partial charge in [0.2, 0.25) is 6.43 Å². The number of aromatic nitrogens is 2. The molecule has 1 fully saturated rings. The van der Waals surface area contributed by atoms with Crippen LogP contribution in [0.15, 0.2) is 18.5 Å². The van der Waals surface area contributed by atoms with Crippen LogP contribution in [0.3, 0.4) is 0 Å². The molecule has 1 aromatic carbocycles. The molecule has 0 bridgehead atoms. The number of hydrogen-bond donors (Lipinski definition) is 0. The number of anilines is 1. The van der Waals surface area contributed by atoms with Crippen LogP contribution >= 0.6 is 0 Å². The number of methoxy groups -OCH3 is 2. The number of rotatable bonds is 4. The van der Waals surface area contributed by atoms with Crippen molar-refractivity contribution >= 4 is 16.7 Å². The Bertz CT molecular complexity index is 681. The van der Waals surface area contributed by atoms with Crippen LogP contribution in [-0.2, 0) is 0 Å². The largest absolute Gasteiger partial charge is 0.493 e. The highest BCUT2D eigenvalue weighted by Gasteiger charge is 2.31. The summed E-state index contributed by atoms with van der Waals surface area (Å²) in [6, 6.07) is 3.55. The SMILES string of the molecule is COc1cc2ncnc(N3CCC(C(F)F)C3)c2cc1OC. The van der Waals surface area contributed by atoms with E-state index in [1.54, 1.807) is 26.4 Å². The lowest BCUT2D eigenvalue weighted by Crippen LogP contribution is -2.23. The Hall–Kier alpha value is -2.18. The second kappa shape index (κ2) is 5.90. The average molecular weight is 309 g/mol. The first-order chi connectivity index (χ1) is 10.6. The molecule has 5 nitrogen and oxygen atoms in total. The minimum atomic E-state index is -2.30. The van der Waals surface area contributed by atoms with Gasteiger partial charge in [0.15, 0.2) is 11.5 Å². The van der Waals surface area contributed by atoms with Gasteiger partial charge in [-0.15, -0.1) is 0 Å². The van der Waals surface area contributed by atoms with Crippen LogP contribution in [0.25, 0.3) is 10.9 Å². The molecule has 0 amide bonds. The molecule has 1 unspecified atom stereocenters. The van der Waals surface area contributed by atoms with E-state index in [4.69, 9.17) is 9.47 Å². The fraction of sp³-hybridized carbons (Fsp3) is 0.467. The topological polar surface area (TPSA) is 47.5 Å². The predicted octanol–water partition coefficient (Wildman–Crippen LogP) is 2.74. The Morgan fingerprint density at radius 3 is 2.55 bits per heavy atom. The van der Waals surface area contributed by atoms with Crippen molar-refractivity contribution in [2.45, 2.75) is 12.8 Å². The summed E-state index contributed by atoms with van der Waals surface area (Å²) >= 11 is 0. The van der Waals surface area contributed by atoms with E-state index in [9.17, 15) is 8.78 Å². The number of halogens is 2. The summed E-state index contributed by atoms with van der Waals surface area (Å²) in [6.45, 7) is 0.869. The zero-order valence-corrected chi connectivity index (χ0v) is 12.4. The molecule has 0 aliphatic carbocycles. The summed E-state index contributed by atoms with van der Waals surface area (Å²) < 4.78 is 36.3. The molecule has 0 saturated carbocycles. The van der Waals surface area contributed by atoms with Crippen molar-refractivity contribution < 1.29 is 18.3 Å². The van der Waals surface area contributed by atoms with Crippen molar-refractivity contribution in [1.29, 1.82) is 0 Å². The minimum Gasteiger partial charge on any atom is -0.493 e. The van der Waals surface area contributed by atoms with Crippen molar-refractivity contribution in [2.24, 2.45) is 5.92 Å². The summed E-state index contributed by atoms with van der Waals surface area (Å²) in [6.07, 6.45) is -0.386. The van der Waals surface area contributed by atoms with E-state index >= 15 is 0 Å². The molecule has 0 radical (unpaired) electrons. The predicted molar refractivity (Wildman–Crippen MR) is 79.0 cm³/mol. The van der Waals surface area contributed by atoms with Crippen LogP contribution in [0.2, 0.25) is 0 Å². The van der Waals surface area contributed by atoms with Gasteiger partial charge in [-0.3, -0.25) is 0 Å². The van der Waals surface area contributed by atoms with Gasteiger partial charge in [-0.2, -0.15) is 0 Å². The summed E-state index contributed by atoms with van der Waals surface area (Å²) in [5.74, 6) is 1.20. The van der Waals surface area contributed by atoms with Gasteiger partial charge in [-0.1, -0.05) is 0 Å². The van der Waals surface area contributed by atoms with Crippen LogP contribution in [0.4, 0.5) is 14.6 Å². The molecule has 1 aliphatic heterocycles. The second-order valence-corrected chi connectivity index (χ2v) is 5.25. The molecule has 1 atom stereocenters. The van der Waals surface area contributed by atoms with E-state index in [2.05, 4.69) is 9.97 Å². The molecular weight excluding hydrogens is 292 g/mol. The van der Waals surface area contributed by atoms with E-state index in [1.807, 2.05) is 4.90 Å². The maximum atomic E-state index is 12.9. The van der Waals surface area contributed by atoms with Crippen molar-refractivity contribution in [3.8, 4) is 11.5 Å². The van der Waals surface area contributed by atoms with Crippen molar-refractivity contribution in [3.05, 3.63) is 18.5 Å². The smallest absolute Gasteiger partial charge is 0.243 e. The molecule has 0 spiro atoms. The molecule has 1 saturated heterocycles. The van der Waals surface area contributed by atoms with Crippen LogP contribution in [0.1, 0.15) is 6.42 Å². The van der Waals surface area contributed by atoms with Gasteiger partial charge in [0.05, 0.1) is 19.7 Å². The van der Waals surface area contributed by atoms with Gasteiger partial charge in [-0.05, 0) is 12.5 Å². The third-order valence-electron chi connectivity index (χ3n) is 4.00. The van der Waals surface area contributed by atoms with Crippen LogP contribution in [0.5, 0.6) is 11.5 Å². The van der Waals surface area contributed by atoms with Gasteiger partial charge in [-0.25, -0.2) is 18.7 Å². The highest BCUT2D eigenvalue weighted by molar-refractivity contribution is 5.92. The molecule has 2 aromatic rings. The molecule has 2 heterocycles. The lowest BCUT2D eigenvalue weighted by Gasteiger charge is -2.19. The zero-order chi connectivity index (χ0) is 15.7. The monoisotopic (exact) mass is 309 g/mol. The maximum absolute atomic E-state index is 12.9. The number of ether oxygens (including phenoxy) is 2. The fourth-order valence-corrected chi connectivity index (χ4v) is 2.81. The molecule has 1 aromatic heterocycles. The molecule has 0 N–H and O–H groups in total. The first-order valence-corrected chi connectivity index (χ1v) is 7.04. The third kappa shape index (κ3) is 2.51. The molecule has 118 valence electrons. The van der Waals surface area contributed by atoms with Gasteiger partial charge >= 0.3 is 0 Å². The van der Waals surface area contributed by atoms with E-state index in [0.29, 0.717) is 42.3 Å². The van der Waals surface area contributed by atoms with Gasteiger partial charge < -0.3 is 14.4 Å². The van der Waals surface area contributed by atoms with E-state index in [1.165, 1.54) is 6.33 Å². The summed E-state index contributed by atoms with van der Waals surface area (Å²) in [5, 5.41) is 0.773. The summed E-state index contributed by atoms with van der Waals surface area (Å²) in [4.78, 5) is 10.4. The molecular formula is C15H17F2N3O2. The number of fused-ring (bicyclic) bond motifs is 1. The average Bonchev–Trinajstić information content (AvgIpc) is 3.02. The molecule has 1 aliphatic rings. The molecule has 7 heteroatoms. The van der Waals surface area contributed by atoms with E-state index in [0.717, 1.165) is 5.39 Å². The minimum absolute atomic E-state index is 0.304. The Kier molecular flexibility index (Phi) is 3.96. The number of nitrogens with zero attached hydrogens (tertiary/aromatic N) is 3. The third-order valence-corrected chi connectivity index (χ3v) is 4.00. The highest BCUT2D eigenvalue weighted by atomic mass is 19.3. The van der Waals surface area contributed by atoms with Gasteiger partial charge in [0.25, 0.3) is 0 Å². The Labute approximate surface area is 126 Å². The molecule has 3 rings (SSSR count). The fourth-order valence-electron chi connectivity index (χ4n) is 2.81. The Balaban J connectivity index is 2.03. The lowest BCUT2D eigenvalue weighted by atomic mass is 10.1. The van der Waals surface area contributed by atoms with E-state index in [-0.39, 0.29) is 0 Å². The van der Waals surface area contributed by atoms with E-state index < -0.39 is 12.3 Å². The molecule has 22 heavy (non-hydrogen) atoms. The van der Waals surface area contributed by atoms with Crippen molar-refractivity contribution in [1.82, 2.24) is 9.97 Å². The van der Waals surface area contributed by atoms with Gasteiger partial charge in [0, 0.05) is 30.5 Å². The van der Waals surface area contributed by atoms with Crippen molar-refractivity contribution in [3.63, 3.8) is 0 Å². The summed E-state index contributed by atoms with van der Waals surface area (Å²) in [7, 11) is 3.11. The lowest BCUT2D eigenvalue weighted by molar-refractivity contribution is 0.0880. The van der Waals surface area contributed by atoms with Crippen LogP contribution in [-0.4, -0.2) is 43.7 Å². The van der Waals surface area contributed by atoms with Crippen LogP contribution in [0, 0.1) is 5.92 Å². The highest BCUT2D eigenvalue weighted by Crippen LogP contribution is 2.36. The summed E-state index contributed by atoms with van der Waals surface area (Å²) in [5.41, 5.74) is 0.697. The Morgan fingerprint density at radius 1 is 1.18 bits per heavy atom. The first-order valence-electron chi connectivity index (χ1n) is 7.04. The van der Waals surface area contributed by atoms with Crippen molar-refractivity contribution in [2.75, 3.05) is 32.2 Å². The Morgan fingerprint density at radius 2 is 1.91 bits per heavy atom. The standard InChI is InChI=1S/C15H17F2N3O2/c1-21-12-5-10-11(6-13(12)22-2)18-8-19-15(10)20-4-3-9(7-20)14(16)17/h5-6,8-9,14H,3-4,7H2,1-2H3. The normalized spacial score (nSPS) is 18.2. The first kappa shape index (κ1) is 14.7. The number of hydrogen-bond acceptors (Lipinski definition) is 5. The van der Waals surface area contributed by atoms with Crippen LogP contribution < -0.4 is 14.4 Å². The zero-order valence-electron chi connectivity index (χ0n) is 12.4.